The molecule has 0 spiro atoms. The second-order valence-electron chi connectivity index (χ2n) is 8.24. The fourth-order valence-electron chi connectivity index (χ4n) is 3.63. The standard InChI is InChI=1S/C23H24ClF3N6O2S/c1-14(29-10-19-18(24)9-28-13-31-19)22-30-11-20(36-22)21(34)32-17-7-15(6-16(8-17)23(25,26)27)12-33-2-4-35-5-3-33/h6-9,11,13-14,29H,2-5,10,12H2,1H3,(H,32,34). The molecular weight excluding hydrogens is 517 g/mol. The summed E-state index contributed by atoms with van der Waals surface area (Å²) >= 11 is 7.23. The number of aromatic nitrogens is 3. The number of benzene rings is 1. The van der Waals surface area contributed by atoms with Crippen LogP contribution in [0.25, 0.3) is 0 Å². The maximum atomic E-state index is 13.5. The lowest BCUT2D eigenvalue weighted by molar-refractivity contribution is -0.137. The Kier molecular flexibility index (Phi) is 8.52. The van der Waals surface area contributed by atoms with Crippen LogP contribution in [0.15, 0.2) is 36.9 Å². The van der Waals surface area contributed by atoms with Crippen molar-refractivity contribution in [1.29, 1.82) is 0 Å². The lowest BCUT2D eigenvalue weighted by atomic mass is 10.1. The summed E-state index contributed by atoms with van der Waals surface area (Å²) in [6, 6.07) is 3.42. The lowest BCUT2D eigenvalue weighted by Crippen LogP contribution is -2.35. The maximum absolute atomic E-state index is 13.5. The predicted octanol–water partition coefficient (Wildman–Crippen LogP) is 4.54. The highest BCUT2D eigenvalue weighted by Crippen LogP contribution is 2.33. The molecule has 1 amide bonds. The zero-order chi connectivity index (χ0) is 25.7. The fourth-order valence-corrected chi connectivity index (χ4v) is 4.64. The van der Waals surface area contributed by atoms with Crippen molar-refractivity contribution in [2.75, 3.05) is 31.6 Å². The molecule has 192 valence electrons. The number of anilines is 1. The van der Waals surface area contributed by atoms with Crippen LogP contribution in [-0.2, 0) is 24.0 Å². The summed E-state index contributed by atoms with van der Waals surface area (Å²) in [5, 5.41) is 6.91. The summed E-state index contributed by atoms with van der Waals surface area (Å²) < 4.78 is 45.9. The maximum Gasteiger partial charge on any atom is 0.416 e. The van der Waals surface area contributed by atoms with E-state index in [4.69, 9.17) is 16.3 Å². The van der Waals surface area contributed by atoms with Crippen molar-refractivity contribution in [3.63, 3.8) is 0 Å². The number of morpholine rings is 1. The number of amides is 1. The van der Waals surface area contributed by atoms with Crippen LogP contribution in [0.4, 0.5) is 18.9 Å². The number of thiazole rings is 1. The molecule has 1 saturated heterocycles. The van der Waals surface area contributed by atoms with Crippen LogP contribution in [0, 0.1) is 0 Å². The lowest BCUT2D eigenvalue weighted by Gasteiger charge is -2.27. The Morgan fingerprint density at radius 1 is 1.22 bits per heavy atom. The Morgan fingerprint density at radius 2 is 2.00 bits per heavy atom. The number of hydrogen-bond donors (Lipinski definition) is 2. The molecule has 1 aliphatic heterocycles. The highest BCUT2D eigenvalue weighted by atomic mass is 35.5. The zero-order valence-electron chi connectivity index (χ0n) is 19.3. The van der Waals surface area contributed by atoms with Crippen LogP contribution in [-0.4, -0.2) is 52.1 Å². The van der Waals surface area contributed by atoms with Crippen molar-refractivity contribution in [1.82, 2.24) is 25.2 Å². The van der Waals surface area contributed by atoms with E-state index in [1.165, 1.54) is 18.7 Å². The van der Waals surface area contributed by atoms with Crippen molar-refractivity contribution in [2.45, 2.75) is 32.2 Å². The molecule has 4 rings (SSSR count). The van der Waals surface area contributed by atoms with Crippen LogP contribution in [0.2, 0.25) is 5.02 Å². The number of carbonyl (C=O) groups is 1. The van der Waals surface area contributed by atoms with Gasteiger partial charge < -0.3 is 15.4 Å². The van der Waals surface area contributed by atoms with Gasteiger partial charge in [0.1, 0.15) is 16.2 Å². The summed E-state index contributed by atoms with van der Waals surface area (Å²) in [5.41, 5.74) is 0.367. The molecule has 2 N–H and O–H groups in total. The van der Waals surface area contributed by atoms with Gasteiger partial charge in [-0.25, -0.2) is 15.0 Å². The third kappa shape index (κ3) is 6.98. The molecule has 3 aromatic rings. The average Bonchev–Trinajstić information content (AvgIpc) is 3.34. The Labute approximate surface area is 214 Å². The van der Waals surface area contributed by atoms with E-state index in [-0.39, 0.29) is 16.6 Å². The third-order valence-electron chi connectivity index (χ3n) is 5.53. The van der Waals surface area contributed by atoms with Crippen molar-refractivity contribution in [2.24, 2.45) is 0 Å². The smallest absolute Gasteiger partial charge is 0.379 e. The molecule has 1 fully saturated rings. The molecule has 3 heterocycles. The molecule has 1 aliphatic rings. The second kappa shape index (κ2) is 11.6. The van der Waals surface area contributed by atoms with Gasteiger partial charge in [-0.05, 0) is 30.7 Å². The van der Waals surface area contributed by atoms with Crippen molar-refractivity contribution >= 4 is 34.5 Å². The molecule has 1 aromatic carbocycles. The zero-order valence-corrected chi connectivity index (χ0v) is 20.9. The summed E-state index contributed by atoms with van der Waals surface area (Å²) in [6.07, 6.45) is -0.221. The number of alkyl halides is 3. The normalized spacial score (nSPS) is 15.6. The Balaban J connectivity index is 1.44. The number of nitrogens with zero attached hydrogens (tertiary/aromatic N) is 4. The van der Waals surface area contributed by atoms with Gasteiger partial charge in [-0.1, -0.05) is 11.6 Å². The molecular formula is C23H24ClF3N6O2S. The van der Waals surface area contributed by atoms with E-state index in [2.05, 4.69) is 25.6 Å². The molecule has 0 bridgehead atoms. The van der Waals surface area contributed by atoms with Gasteiger partial charge in [-0.2, -0.15) is 13.2 Å². The second-order valence-corrected chi connectivity index (χ2v) is 9.71. The Bertz CT molecular complexity index is 1200. The monoisotopic (exact) mass is 540 g/mol. The van der Waals surface area contributed by atoms with Crippen LogP contribution in [0.5, 0.6) is 0 Å². The number of carbonyl (C=O) groups excluding carboxylic acids is 1. The quantitative estimate of drug-likeness (QED) is 0.433. The first kappa shape index (κ1) is 26.4. The fraction of sp³-hybridized carbons (Fsp3) is 0.391. The van der Waals surface area contributed by atoms with Gasteiger partial charge in [0, 0.05) is 38.1 Å². The first-order valence-corrected chi connectivity index (χ1v) is 12.3. The molecule has 8 nitrogen and oxygen atoms in total. The minimum Gasteiger partial charge on any atom is -0.379 e. The molecule has 2 aromatic heterocycles. The summed E-state index contributed by atoms with van der Waals surface area (Å²) in [4.78, 5) is 27.4. The van der Waals surface area contributed by atoms with Crippen LogP contribution in [0.3, 0.4) is 0 Å². The molecule has 13 heteroatoms. The highest BCUT2D eigenvalue weighted by molar-refractivity contribution is 7.13. The first-order valence-electron chi connectivity index (χ1n) is 11.1. The van der Waals surface area contributed by atoms with Crippen molar-refractivity contribution < 1.29 is 22.7 Å². The van der Waals surface area contributed by atoms with Crippen LogP contribution >= 0.6 is 22.9 Å². The van der Waals surface area contributed by atoms with E-state index in [9.17, 15) is 18.0 Å². The predicted molar refractivity (Wildman–Crippen MR) is 130 cm³/mol. The number of hydrogen-bond acceptors (Lipinski definition) is 8. The van der Waals surface area contributed by atoms with Crippen molar-refractivity contribution in [3.8, 4) is 0 Å². The van der Waals surface area contributed by atoms with E-state index in [1.807, 2.05) is 11.8 Å². The molecule has 0 radical (unpaired) electrons. The van der Waals surface area contributed by atoms with Gasteiger partial charge in [-0.15, -0.1) is 11.3 Å². The van der Waals surface area contributed by atoms with E-state index in [0.29, 0.717) is 60.7 Å². The number of rotatable bonds is 8. The molecule has 1 unspecified atom stereocenters. The van der Waals surface area contributed by atoms with E-state index in [1.54, 1.807) is 6.07 Å². The topological polar surface area (TPSA) is 92.3 Å². The SMILES string of the molecule is CC(NCc1ncncc1Cl)c1ncc(C(=O)Nc2cc(CN3CCOCC3)cc(C(F)(F)F)c2)s1. The van der Waals surface area contributed by atoms with Gasteiger partial charge in [0.05, 0.1) is 41.7 Å². The molecule has 36 heavy (non-hydrogen) atoms. The van der Waals surface area contributed by atoms with Crippen LogP contribution < -0.4 is 10.6 Å². The molecule has 0 saturated carbocycles. The van der Waals surface area contributed by atoms with Gasteiger partial charge in [-0.3, -0.25) is 9.69 Å². The van der Waals surface area contributed by atoms with Gasteiger partial charge >= 0.3 is 6.18 Å². The number of halogens is 4. The van der Waals surface area contributed by atoms with Gasteiger partial charge in [0.2, 0.25) is 0 Å². The number of ether oxygens (including phenoxy) is 1. The average molecular weight is 541 g/mol. The highest BCUT2D eigenvalue weighted by Gasteiger charge is 2.31. The van der Waals surface area contributed by atoms with Gasteiger partial charge in [0.25, 0.3) is 5.91 Å². The largest absolute Gasteiger partial charge is 0.416 e. The number of nitrogens with one attached hydrogen (secondary N) is 2. The van der Waals surface area contributed by atoms with E-state index < -0.39 is 17.6 Å². The van der Waals surface area contributed by atoms with Gasteiger partial charge in [0.15, 0.2) is 0 Å². The molecule has 0 aliphatic carbocycles. The van der Waals surface area contributed by atoms with Crippen LogP contribution in [0.1, 0.15) is 44.5 Å². The van der Waals surface area contributed by atoms with E-state index in [0.717, 1.165) is 23.5 Å². The Hall–Kier alpha value is -2.64. The minimum atomic E-state index is -4.54. The molecule has 1 atom stereocenters. The minimum absolute atomic E-state index is 0.0811. The first-order chi connectivity index (χ1) is 17.2. The summed E-state index contributed by atoms with van der Waals surface area (Å²) in [7, 11) is 0. The van der Waals surface area contributed by atoms with Crippen molar-refractivity contribution in [3.05, 3.63) is 68.6 Å². The Morgan fingerprint density at radius 3 is 2.72 bits per heavy atom. The summed E-state index contributed by atoms with van der Waals surface area (Å²) in [6.45, 7) is 4.93. The van der Waals surface area contributed by atoms with E-state index >= 15 is 0 Å². The summed E-state index contributed by atoms with van der Waals surface area (Å²) in [5.74, 6) is -0.526. The third-order valence-corrected chi connectivity index (χ3v) is 7.02.